The zero-order valence-electron chi connectivity index (χ0n) is 11.9. The van der Waals surface area contributed by atoms with Gasteiger partial charge in [0, 0.05) is 12.6 Å². The molecule has 116 valence electrons. The largest absolute Gasteiger partial charge is 0.395 e. The van der Waals surface area contributed by atoms with Crippen molar-refractivity contribution in [2.75, 3.05) is 31.2 Å². The van der Waals surface area contributed by atoms with Crippen LogP contribution in [0.2, 0.25) is 0 Å². The summed E-state index contributed by atoms with van der Waals surface area (Å²) in [6.45, 7) is 2.93. The fourth-order valence-corrected chi connectivity index (χ4v) is 4.89. The van der Waals surface area contributed by atoms with Crippen LogP contribution in [0.5, 0.6) is 0 Å². The van der Waals surface area contributed by atoms with Crippen LogP contribution in [0, 0.1) is 5.92 Å². The Kier molecular flexibility index (Phi) is 5.04. The average molecular weight is 304 g/mol. The standard InChI is InChI=1S/C13H24N2O4S/c1-10-3-2-5-14-12(10)13(17)15(6-7-16)11-4-8-20(18,19)9-11/h10-12,14,16H,2-9H2,1H3. The molecule has 2 fully saturated rings. The van der Waals surface area contributed by atoms with E-state index in [0.717, 1.165) is 19.4 Å². The van der Waals surface area contributed by atoms with Crippen LogP contribution in [0.1, 0.15) is 26.2 Å². The summed E-state index contributed by atoms with van der Waals surface area (Å²) in [5.74, 6) is 0.351. The maximum absolute atomic E-state index is 12.7. The molecule has 3 unspecified atom stereocenters. The fraction of sp³-hybridized carbons (Fsp3) is 0.923. The van der Waals surface area contributed by atoms with E-state index >= 15 is 0 Å². The molecule has 6 nitrogen and oxygen atoms in total. The van der Waals surface area contributed by atoms with Crippen LogP contribution in [0.25, 0.3) is 0 Å². The highest BCUT2D eigenvalue weighted by atomic mass is 32.2. The zero-order valence-corrected chi connectivity index (χ0v) is 12.7. The number of carbonyl (C=O) groups excluding carboxylic acids is 1. The normalized spacial score (nSPS) is 33.0. The Morgan fingerprint density at radius 2 is 2.15 bits per heavy atom. The molecule has 0 radical (unpaired) electrons. The molecule has 0 saturated carbocycles. The SMILES string of the molecule is CC1CCCNC1C(=O)N(CCO)C1CCS(=O)(=O)C1. The fourth-order valence-electron chi connectivity index (χ4n) is 3.16. The first-order valence-electron chi connectivity index (χ1n) is 7.30. The summed E-state index contributed by atoms with van der Waals surface area (Å²) < 4.78 is 23.2. The lowest BCUT2D eigenvalue weighted by Gasteiger charge is -2.36. The lowest BCUT2D eigenvalue weighted by atomic mass is 9.91. The first-order valence-corrected chi connectivity index (χ1v) is 9.12. The third kappa shape index (κ3) is 3.51. The van der Waals surface area contributed by atoms with Crippen molar-refractivity contribution in [1.29, 1.82) is 0 Å². The molecule has 2 aliphatic rings. The van der Waals surface area contributed by atoms with E-state index in [2.05, 4.69) is 5.32 Å². The summed E-state index contributed by atoms with van der Waals surface area (Å²) in [6, 6.07) is -0.533. The minimum Gasteiger partial charge on any atom is -0.395 e. The van der Waals surface area contributed by atoms with Crippen LogP contribution in [0.3, 0.4) is 0 Å². The van der Waals surface area contributed by atoms with E-state index in [1.165, 1.54) is 0 Å². The monoisotopic (exact) mass is 304 g/mol. The minimum absolute atomic E-state index is 0.0276. The summed E-state index contributed by atoms with van der Waals surface area (Å²) in [5.41, 5.74) is 0. The molecule has 2 rings (SSSR count). The van der Waals surface area contributed by atoms with Crippen LogP contribution < -0.4 is 5.32 Å². The number of amides is 1. The second-order valence-electron chi connectivity index (χ2n) is 5.86. The zero-order chi connectivity index (χ0) is 14.8. The third-order valence-electron chi connectivity index (χ3n) is 4.31. The van der Waals surface area contributed by atoms with Crippen molar-refractivity contribution in [3.63, 3.8) is 0 Å². The highest BCUT2D eigenvalue weighted by molar-refractivity contribution is 7.91. The lowest BCUT2D eigenvalue weighted by molar-refractivity contribution is -0.137. The molecule has 0 aliphatic carbocycles. The molecule has 2 saturated heterocycles. The molecule has 0 aromatic heterocycles. The van der Waals surface area contributed by atoms with E-state index in [-0.39, 0.29) is 48.6 Å². The highest BCUT2D eigenvalue weighted by Crippen LogP contribution is 2.22. The molecule has 3 atom stereocenters. The van der Waals surface area contributed by atoms with E-state index in [1.54, 1.807) is 4.90 Å². The van der Waals surface area contributed by atoms with Gasteiger partial charge in [-0.3, -0.25) is 4.79 Å². The lowest BCUT2D eigenvalue weighted by Crippen LogP contribution is -2.55. The van der Waals surface area contributed by atoms with Crippen LogP contribution in [0.4, 0.5) is 0 Å². The Hall–Kier alpha value is -0.660. The number of aliphatic hydroxyl groups is 1. The summed E-state index contributed by atoms with van der Waals surface area (Å²) in [7, 11) is -3.03. The first-order chi connectivity index (χ1) is 9.44. The Balaban J connectivity index is 2.09. The number of hydrogen-bond acceptors (Lipinski definition) is 5. The predicted octanol–water partition coefficient (Wildman–Crippen LogP) is -0.617. The summed E-state index contributed by atoms with van der Waals surface area (Å²) >= 11 is 0. The number of hydrogen-bond donors (Lipinski definition) is 2. The number of carbonyl (C=O) groups is 1. The van der Waals surface area contributed by atoms with E-state index in [9.17, 15) is 18.3 Å². The Labute approximate surface area is 120 Å². The van der Waals surface area contributed by atoms with Crippen LogP contribution in [-0.2, 0) is 14.6 Å². The van der Waals surface area contributed by atoms with Crippen molar-refractivity contribution in [3.05, 3.63) is 0 Å². The second kappa shape index (κ2) is 6.41. The maximum Gasteiger partial charge on any atom is 0.240 e. The third-order valence-corrected chi connectivity index (χ3v) is 6.06. The summed E-state index contributed by atoms with van der Waals surface area (Å²) in [4.78, 5) is 14.2. The second-order valence-corrected chi connectivity index (χ2v) is 8.09. The highest BCUT2D eigenvalue weighted by Gasteiger charge is 2.38. The molecule has 2 heterocycles. The van der Waals surface area contributed by atoms with Gasteiger partial charge in [-0.15, -0.1) is 0 Å². The summed E-state index contributed by atoms with van der Waals surface area (Å²) in [6.07, 6.45) is 2.54. The van der Waals surface area contributed by atoms with Gasteiger partial charge in [0.05, 0.1) is 24.2 Å². The van der Waals surface area contributed by atoms with Crippen molar-refractivity contribution >= 4 is 15.7 Å². The molecule has 0 aromatic rings. The molecule has 2 N–H and O–H groups in total. The number of sulfone groups is 1. The smallest absolute Gasteiger partial charge is 0.240 e. The van der Waals surface area contributed by atoms with Crippen molar-refractivity contribution in [1.82, 2.24) is 10.2 Å². The minimum atomic E-state index is -3.03. The van der Waals surface area contributed by atoms with Crippen LogP contribution in [0.15, 0.2) is 0 Å². The molecule has 7 heteroatoms. The van der Waals surface area contributed by atoms with Gasteiger partial charge in [-0.25, -0.2) is 8.42 Å². The topological polar surface area (TPSA) is 86.7 Å². The summed E-state index contributed by atoms with van der Waals surface area (Å²) in [5, 5.41) is 12.4. The van der Waals surface area contributed by atoms with Gasteiger partial charge < -0.3 is 15.3 Å². The predicted molar refractivity (Wildman–Crippen MR) is 76.0 cm³/mol. The van der Waals surface area contributed by atoms with Crippen molar-refractivity contribution in [3.8, 4) is 0 Å². The maximum atomic E-state index is 12.7. The van der Waals surface area contributed by atoms with Gasteiger partial charge >= 0.3 is 0 Å². The van der Waals surface area contributed by atoms with Gasteiger partial charge in [-0.1, -0.05) is 6.92 Å². The molecule has 0 bridgehead atoms. The Bertz CT molecular complexity index is 451. The number of nitrogens with zero attached hydrogens (tertiary/aromatic N) is 1. The van der Waals surface area contributed by atoms with Gasteiger partial charge in [0.15, 0.2) is 9.84 Å². The first kappa shape index (κ1) is 15.7. The molecular formula is C13H24N2O4S. The number of aliphatic hydroxyl groups excluding tert-OH is 1. The number of piperidine rings is 1. The van der Waals surface area contributed by atoms with E-state index in [1.807, 2.05) is 6.92 Å². The number of nitrogens with one attached hydrogen (secondary N) is 1. The number of rotatable bonds is 4. The van der Waals surface area contributed by atoms with E-state index in [0.29, 0.717) is 6.42 Å². The van der Waals surface area contributed by atoms with Crippen LogP contribution in [-0.4, -0.2) is 67.6 Å². The quantitative estimate of drug-likeness (QED) is 0.723. The van der Waals surface area contributed by atoms with E-state index < -0.39 is 9.84 Å². The molecule has 2 aliphatic heterocycles. The van der Waals surface area contributed by atoms with Crippen molar-refractivity contribution in [2.45, 2.75) is 38.3 Å². The van der Waals surface area contributed by atoms with Gasteiger partial charge in [-0.2, -0.15) is 0 Å². The van der Waals surface area contributed by atoms with Gasteiger partial charge in [0.25, 0.3) is 0 Å². The Morgan fingerprint density at radius 1 is 1.40 bits per heavy atom. The van der Waals surface area contributed by atoms with Crippen LogP contribution >= 0.6 is 0 Å². The molecule has 1 amide bonds. The van der Waals surface area contributed by atoms with Gasteiger partial charge in [0.1, 0.15) is 0 Å². The van der Waals surface area contributed by atoms with Crippen molar-refractivity contribution < 1.29 is 18.3 Å². The molecule has 20 heavy (non-hydrogen) atoms. The Morgan fingerprint density at radius 3 is 2.70 bits per heavy atom. The average Bonchev–Trinajstić information content (AvgIpc) is 2.76. The van der Waals surface area contributed by atoms with Crippen molar-refractivity contribution in [2.24, 2.45) is 5.92 Å². The molecule has 0 spiro atoms. The molecule has 0 aromatic carbocycles. The van der Waals surface area contributed by atoms with E-state index in [4.69, 9.17) is 0 Å². The molecular weight excluding hydrogens is 280 g/mol. The van der Waals surface area contributed by atoms with Gasteiger partial charge in [0.2, 0.25) is 5.91 Å². The van der Waals surface area contributed by atoms with Gasteiger partial charge in [-0.05, 0) is 31.7 Å².